The molecule has 0 saturated heterocycles. The maximum Gasteiger partial charge on any atom is 0.420 e. The van der Waals surface area contributed by atoms with Gasteiger partial charge in [0.15, 0.2) is 11.4 Å². The highest BCUT2D eigenvalue weighted by atomic mass is 32.2. The van der Waals surface area contributed by atoms with Gasteiger partial charge in [-0.3, -0.25) is 4.57 Å². The number of hydrogen-bond acceptors (Lipinski definition) is 7. The number of aryl methyl sites for hydroxylation is 1. The Morgan fingerprint density at radius 3 is 2.66 bits per heavy atom. The van der Waals surface area contributed by atoms with Gasteiger partial charge >= 0.3 is 5.76 Å². The molecule has 0 spiro atoms. The molecule has 156 valence electrons. The molecule has 0 aliphatic heterocycles. The Morgan fingerprint density at radius 1 is 1.21 bits per heavy atom. The summed E-state index contributed by atoms with van der Waals surface area (Å²) in [6, 6.07) is 4.39. The van der Waals surface area contributed by atoms with Crippen LogP contribution in [-0.4, -0.2) is 29.2 Å². The van der Waals surface area contributed by atoms with E-state index in [9.17, 15) is 13.2 Å². The molecule has 4 rings (SSSR count). The van der Waals surface area contributed by atoms with Gasteiger partial charge in [0, 0.05) is 18.5 Å². The van der Waals surface area contributed by atoms with Gasteiger partial charge in [0.25, 0.3) is 0 Å². The number of rotatable bonds is 6. The molecule has 1 saturated carbocycles. The lowest BCUT2D eigenvalue weighted by atomic mass is 10.1. The minimum atomic E-state index is -3.69. The van der Waals surface area contributed by atoms with Crippen LogP contribution < -0.4 is 10.5 Å². The van der Waals surface area contributed by atoms with Crippen LogP contribution in [0.25, 0.3) is 11.1 Å². The SMILES string of the molecule is CCc1nc(Cn2c(=O)oc3cc(S(=O)(=O)NC4CCCCCC4)ccc32)no1. The molecule has 29 heavy (non-hydrogen) atoms. The predicted molar refractivity (Wildman–Crippen MR) is 105 cm³/mol. The van der Waals surface area contributed by atoms with Crippen LogP contribution in [0.2, 0.25) is 0 Å². The monoisotopic (exact) mass is 420 g/mol. The fourth-order valence-corrected chi connectivity index (χ4v) is 5.01. The number of oxazole rings is 1. The zero-order valence-corrected chi connectivity index (χ0v) is 17.1. The van der Waals surface area contributed by atoms with Crippen molar-refractivity contribution in [1.29, 1.82) is 0 Å². The molecule has 0 radical (unpaired) electrons. The first-order valence-corrected chi connectivity index (χ1v) is 11.4. The van der Waals surface area contributed by atoms with Gasteiger partial charge in [-0.15, -0.1) is 0 Å². The zero-order valence-electron chi connectivity index (χ0n) is 16.3. The lowest BCUT2D eigenvalue weighted by Crippen LogP contribution is -2.34. The van der Waals surface area contributed by atoms with E-state index in [-0.39, 0.29) is 23.1 Å². The van der Waals surface area contributed by atoms with E-state index in [1.807, 2.05) is 6.92 Å². The van der Waals surface area contributed by atoms with Crippen molar-refractivity contribution in [3.05, 3.63) is 40.5 Å². The van der Waals surface area contributed by atoms with Crippen molar-refractivity contribution >= 4 is 21.1 Å². The van der Waals surface area contributed by atoms with E-state index in [0.29, 0.717) is 23.7 Å². The number of benzene rings is 1. The molecular formula is C19H24N4O5S. The molecule has 1 N–H and O–H groups in total. The fraction of sp³-hybridized carbons (Fsp3) is 0.526. The second-order valence-corrected chi connectivity index (χ2v) is 9.07. The summed E-state index contributed by atoms with van der Waals surface area (Å²) in [5, 5.41) is 3.85. The van der Waals surface area contributed by atoms with Crippen molar-refractivity contribution in [2.45, 2.75) is 69.4 Å². The van der Waals surface area contributed by atoms with Crippen molar-refractivity contribution in [2.24, 2.45) is 0 Å². The van der Waals surface area contributed by atoms with Gasteiger partial charge in [-0.1, -0.05) is 37.8 Å². The molecule has 9 nitrogen and oxygen atoms in total. The van der Waals surface area contributed by atoms with E-state index in [1.165, 1.54) is 16.7 Å². The molecule has 1 aliphatic carbocycles. The van der Waals surface area contributed by atoms with Crippen LogP contribution in [0.3, 0.4) is 0 Å². The van der Waals surface area contributed by atoms with Crippen molar-refractivity contribution in [1.82, 2.24) is 19.4 Å². The molecule has 1 aromatic carbocycles. The second-order valence-electron chi connectivity index (χ2n) is 7.35. The second kappa shape index (κ2) is 8.11. The quantitative estimate of drug-likeness (QED) is 0.609. The van der Waals surface area contributed by atoms with E-state index in [4.69, 9.17) is 8.94 Å². The minimum absolute atomic E-state index is 0.0548. The summed E-state index contributed by atoms with van der Waals surface area (Å²) < 4.78 is 40.1. The molecule has 0 unspecified atom stereocenters. The maximum atomic E-state index is 12.8. The van der Waals surface area contributed by atoms with Gasteiger partial charge < -0.3 is 8.94 Å². The third kappa shape index (κ3) is 4.27. The fourth-order valence-electron chi connectivity index (χ4n) is 3.69. The Hall–Kier alpha value is -2.46. The number of aromatic nitrogens is 3. The van der Waals surface area contributed by atoms with Crippen LogP contribution >= 0.6 is 0 Å². The van der Waals surface area contributed by atoms with Crippen LogP contribution in [0.15, 0.2) is 36.8 Å². The summed E-state index contributed by atoms with van der Waals surface area (Å²) in [6.07, 6.45) is 6.63. The normalized spacial score (nSPS) is 16.3. The van der Waals surface area contributed by atoms with E-state index in [1.54, 1.807) is 6.07 Å². The minimum Gasteiger partial charge on any atom is -0.408 e. The number of fused-ring (bicyclic) bond motifs is 1. The molecule has 3 aromatic rings. The average molecular weight is 420 g/mol. The summed E-state index contributed by atoms with van der Waals surface area (Å²) in [4.78, 5) is 16.6. The van der Waals surface area contributed by atoms with Gasteiger partial charge in [0.1, 0.15) is 0 Å². The predicted octanol–water partition coefficient (Wildman–Crippen LogP) is 2.59. The Bertz CT molecular complexity index is 1150. The summed E-state index contributed by atoms with van der Waals surface area (Å²) >= 11 is 0. The van der Waals surface area contributed by atoms with Crippen LogP contribution in [0.4, 0.5) is 0 Å². The largest absolute Gasteiger partial charge is 0.420 e. The third-order valence-electron chi connectivity index (χ3n) is 5.24. The van der Waals surface area contributed by atoms with Crippen LogP contribution in [-0.2, 0) is 23.0 Å². The summed E-state index contributed by atoms with van der Waals surface area (Å²) in [5.41, 5.74) is 0.684. The Morgan fingerprint density at radius 2 is 1.97 bits per heavy atom. The highest BCUT2D eigenvalue weighted by Crippen LogP contribution is 2.22. The van der Waals surface area contributed by atoms with Crippen LogP contribution in [0.1, 0.15) is 57.2 Å². The summed E-state index contributed by atoms with van der Waals surface area (Å²) in [5.74, 6) is 0.242. The Kier molecular flexibility index (Phi) is 5.55. The first-order chi connectivity index (χ1) is 14.0. The number of hydrogen-bond donors (Lipinski definition) is 1. The lowest BCUT2D eigenvalue weighted by molar-refractivity contribution is 0.375. The van der Waals surface area contributed by atoms with E-state index >= 15 is 0 Å². The highest BCUT2D eigenvalue weighted by Gasteiger charge is 2.23. The molecule has 1 aliphatic rings. The van der Waals surface area contributed by atoms with Crippen molar-refractivity contribution in [3.63, 3.8) is 0 Å². The maximum absolute atomic E-state index is 12.8. The molecule has 0 bridgehead atoms. The zero-order chi connectivity index (χ0) is 20.4. The van der Waals surface area contributed by atoms with Crippen molar-refractivity contribution < 1.29 is 17.4 Å². The van der Waals surface area contributed by atoms with Crippen LogP contribution in [0, 0.1) is 0 Å². The van der Waals surface area contributed by atoms with E-state index in [2.05, 4.69) is 14.9 Å². The number of nitrogens with zero attached hydrogens (tertiary/aromatic N) is 3. The average Bonchev–Trinajstić information content (AvgIpc) is 3.18. The van der Waals surface area contributed by atoms with Crippen molar-refractivity contribution in [3.8, 4) is 0 Å². The van der Waals surface area contributed by atoms with Gasteiger partial charge in [0.2, 0.25) is 15.9 Å². The number of sulfonamides is 1. The molecule has 2 heterocycles. The standard InChI is InChI=1S/C19H24N4O5S/c1-2-18-20-17(21-28-18)12-23-15-10-9-14(11-16(15)27-19(23)24)29(25,26)22-13-7-5-3-4-6-8-13/h9-11,13,22H,2-8,12H2,1H3. The van der Waals surface area contributed by atoms with Gasteiger partial charge in [-0.05, 0) is 25.0 Å². The van der Waals surface area contributed by atoms with E-state index < -0.39 is 15.8 Å². The summed E-state index contributed by atoms with van der Waals surface area (Å²) in [6.45, 7) is 1.98. The highest BCUT2D eigenvalue weighted by molar-refractivity contribution is 7.89. The molecular weight excluding hydrogens is 396 g/mol. The Balaban J connectivity index is 1.60. The topological polar surface area (TPSA) is 120 Å². The first kappa shape index (κ1) is 19.8. The molecule has 1 fully saturated rings. The smallest absolute Gasteiger partial charge is 0.408 e. The van der Waals surface area contributed by atoms with Gasteiger partial charge in [-0.2, -0.15) is 4.98 Å². The number of nitrogens with one attached hydrogen (secondary N) is 1. The lowest BCUT2D eigenvalue weighted by Gasteiger charge is -2.16. The Labute approximate surface area is 168 Å². The van der Waals surface area contributed by atoms with Crippen molar-refractivity contribution in [2.75, 3.05) is 0 Å². The molecule has 2 aromatic heterocycles. The summed E-state index contributed by atoms with van der Waals surface area (Å²) in [7, 11) is -3.69. The molecule has 0 amide bonds. The van der Waals surface area contributed by atoms with Crippen LogP contribution in [0.5, 0.6) is 0 Å². The van der Waals surface area contributed by atoms with E-state index in [0.717, 1.165) is 38.5 Å². The first-order valence-electron chi connectivity index (χ1n) is 9.93. The molecule has 0 atom stereocenters. The van der Waals surface area contributed by atoms with Gasteiger partial charge in [-0.25, -0.2) is 17.9 Å². The third-order valence-corrected chi connectivity index (χ3v) is 6.76. The van der Waals surface area contributed by atoms with Gasteiger partial charge in [0.05, 0.1) is 17.0 Å². The molecule has 10 heteroatoms.